The molecule has 0 aliphatic heterocycles. The standard InChI is InChI=1S/C28H56O7/c1-5-6-7-8-9-10-11-12-13-14-15-17-30-19-21-32-23-25-34-26-24-33-22-20-31-18-16-27(29)35-28(2,3)4/h5-26H2,1-4H3. The molecule has 0 saturated heterocycles. The van der Waals surface area contributed by atoms with E-state index in [0.29, 0.717) is 59.5 Å². The number of carbonyl (C=O) groups is 1. The Bertz CT molecular complexity index is 438. The van der Waals surface area contributed by atoms with Crippen molar-refractivity contribution >= 4 is 5.97 Å². The normalized spacial score (nSPS) is 11.8. The summed E-state index contributed by atoms with van der Waals surface area (Å²) in [6.45, 7) is 13.3. The average Bonchev–Trinajstić information content (AvgIpc) is 2.80. The summed E-state index contributed by atoms with van der Waals surface area (Å²) in [7, 11) is 0. The molecule has 0 aromatic carbocycles. The fourth-order valence-corrected chi connectivity index (χ4v) is 3.40. The van der Waals surface area contributed by atoms with Crippen molar-refractivity contribution in [2.24, 2.45) is 0 Å². The fraction of sp³-hybridized carbons (Fsp3) is 0.964. The molecule has 0 N–H and O–H groups in total. The van der Waals surface area contributed by atoms with Crippen molar-refractivity contribution in [2.45, 2.75) is 110 Å². The van der Waals surface area contributed by atoms with Crippen LogP contribution in [-0.2, 0) is 33.2 Å². The smallest absolute Gasteiger partial charge is 0.308 e. The third kappa shape index (κ3) is 31.2. The molecule has 0 spiro atoms. The molecule has 0 aromatic rings. The van der Waals surface area contributed by atoms with Gasteiger partial charge in [0, 0.05) is 6.61 Å². The van der Waals surface area contributed by atoms with Crippen molar-refractivity contribution in [3.05, 3.63) is 0 Å². The highest BCUT2D eigenvalue weighted by Crippen LogP contribution is 2.11. The monoisotopic (exact) mass is 504 g/mol. The predicted molar refractivity (Wildman–Crippen MR) is 141 cm³/mol. The van der Waals surface area contributed by atoms with Crippen LogP contribution in [0.25, 0.3) is 0 Å². The van der Waals surface area contributed by atoms with Gasteiger partial charge in [0.25, 0.3) is 0 Å². The fourth-order valence-electron chi connectivity index (χ4n) is 3.40. The minimum absolute atomic E-state index is 0.245. The Labute approximate surface area is 215 Å². The second kappa shape index (κ2) is 26.3. The number of rotatable bonds is 27. The van der Waals surface area contributed by atoms with Crippen molar-refractivity contribution in [1.82, 2.24) is 0 Å². The van der Waals surface area contributed by atoms with E-state index in [4.69, 9.17) is 28.4 Å². The van der Waals surface area contributed by atoms with Crippen LogP contribution in [0.15, 0.2) is 0 Å². The van der Waals surface area contributed by atoms with Crippen LogP contribution >= 0.6 is 0 Å². The largest absolute Gasteiger partial charge is 0.460 e. The van der Waals surface area contributed by atoms with Crippen molar-refractivity contribution in [1.29, 1.82) is 0 Å². The Morgan fingerprint density at radius 3 is 1.23 bits per heavy atom. The summed E-state index contributed by atoms with van der Waals surface area (Å²) in [5, 5.41) is 0. The Balaban J connectivity index is 3.09. The maximum Gasteiger partial charge on any atom is 0.308 e. The van der Waals surface area contributed by atoms with Crippen molar-refractivity contribution in [3.8, 4) is 0 Å². The molecule has 35 heavy (non-hydrogen) atoms. The lowest BCUT2D eigenvalue weighted by Crippen LogP contribution is -2.24. The maximum atomic E-state index is 11.5. The summed E-state index contributed by atoms with van der Waals surface area (Å²) in [4.78, 5) is 11.5. The third-order valence-electron chi connectivity index (χ3n) is 5.25. The molecule has 0 radical (unpaired) electrons. The topological polar surface area (TPSA) is 72.5 Å². The van der Waals surface area contributed by atoms with Crippen molar-refractivity contribution in [2.75, 3.05) is 66.1 Å². The highest BCUT2D eigenvalue weighted by Gasteiger charge is 2.15. The van der Waals surface area contributed by atoms with Gasteiger partial charge in [-0.25, -0.2) is 0 Å². The number of carbonyl (C=O) groups excluding carboxylic acids is 1. The summed E-state index contributed by atoms with van der Waals surface area (Å²) in [5.74, 6) is -0.245. The molecule has 7 heteroatoms. The number of hydrogen-bond acceptors (Lipinski definition) is 7. The van der Waals surface area contributed by atoms with E-state index in [9.17, 15) is 4.79 Å². The molecular formula is C28H56O7. The van der Waals surface area contributed by atoms with E-state index in [2.05, 4.69) is 6.92 Å². The van der Waals surface area contributed by atoms with E-state index in [0.717, 1.165) is 13.0 Å². The first-order valence-electron chi connectivity index (χ1n) is 14.1. The maximum absolute atomic E-state index is 11.5. The minimum Gasteiger partial charge on any atom is -0.460 e. The third-order valence-corrected chi connectivity index (χ3v) is 5.25. The van der Waals surface area contributed by atoms with E-state index in [1.165, 1.54) is 64.2 Å². The molecule has 0 unspecified atom stereocenters. The molecule has 0 aliphatic rings. The Hall–Kier alpha value is -0.730. The summed E-state index contributed by atoms with van der Waals surface area (Å²) in [6.07, 6.45) is 15.1. The number of unbranched alkanes of at least 4 members (excludes halogenated alkanes) is 10. The van der Waals surface area contributed by atoms with Crippen LogP contribution in [0.4, 0.5) is 0 Å². The van der Waals surface area contributed by atoms with Crippen LogP contribution in [0.2, 0.25) is 0 Å². The van der Waals surface area contributed by atoms with Crippen LogP contribution in [0, 0.1) is 0 Å². The Kier molecular flexibility index (Phi) is 25.8. The lowest BCUT2D eigenvalue weighted by molar-refractivity contribution is -0.156. The highest BCUT2D eigenvalue weighted by atomic mass is 16.6. The second-order valence-corrected chi connectivity index (χ2v) is 9.93. The van der Waals surface area contributed by atoms with Crippen LogP contribution in [0.3, 0.4) is 0 Å². The van der Waals surface area contributed by atoms with Gasteiger partial charge in [-0.05, 0) is 27.2 Å². The molecule has 7 nitrogen and oxygen atoms in total. The zero-order valence-electron chi connectivity index (χ0n) is 23.4. The molecule has 0 fully saturated rings. The van der Waals surface area contributed by atoms with Gasteiger partial charge in [0.05, 0.1) is 65.9 Å². The molecule has 0 aliphatic carbocycles. The average molecular weight is 505 g/mol. The minimum atomic E-state index is -0.453. The van der Waals surface area contributed by atoms with Crippen molar-refractivity contribution in [3.63, 3.8) is 0 Å². The van der Waals surface area contributed by atoms with Crippen molar-refractivity contribution < 1.29 is 33.2 Å². The van der Waals surface area contributed by atoms with Crippen LogP contribution < -0.4 is 0 Å². The molecule has 0 saturated carbocycles. The molecule has 0 bridgehead atoms. The van der Waals surface area contributed by atoms with Gasteiger partial charge in [0.1, 0.15) is 5.60 Å². The van der Waals surface area contributed by atoms with Crippen LogP contribution in [0.5, 0.6) is 0 Å². The number of esters is 1. The van der Waals surface area contributed by atoms with Gasteiger partial charge in [-0.1, -0.05) is 71.1 Å². The first-order chi connectivity index (χ1) is 17.0. The first kappa shape index (κ1) is 34.3. The summed E-state index contributed by atoms with van der Waals surface area (Å²) in [5.41, 5.74) is -0.453. The Morgan fingerprint density at radius 1 is 0.486 bits per heavy atom. The zero-order valence-corrected chi connectivity index (χ0v) is 23.4. The molecule has 0 rings (SSSR count). The molecule has 0 aromatic heterocycles. The quantitative estimate of drug-likeness (QED) is 0.0986. The highest BCUT2D eigenvalue weighted by molar-refractivity contribution is 5.69. The van der Waals surface area contributed by atoms with E-state index >= 15 is 0 Å². The van der Waals surface area contributed by atoms with E-state index in [-0.39, 0.29) is 12.4 Å². The molecule has 0 amide bonds. The molecular weight excluding hydrogens is 448 g/mol. The lowest BCUT2D eigenvalue weighted by atomic mass is 10.1. The SMILES string of the molecule is CCCCCCCCCCCCCOCCOCCOCCOCCOCCC(=O)OC(C)(C)C. The summed E-state index contributed by atoms with van der Waals surface area (Å²) < 4.78 is 32.6. The summed E-state index contributed by atoms with van der Waals surface area (Å²) >= 11 is 0. The van der Waals surface area contributed by atoms with E-state index in [1.807, 2.05) is 20.8 Å². The molecule has 0 heterocycles. The van der Waals surface area contributed by atoms with E-state index < -0.39 is 5.60 Å². The Morgan fingerprint density at radius 2 is 0.829 bits per heavy atom. The number of ether oxygens (including phenoxy) is 6. The molecule has 0 atom stereocenters. The van der Waals surface area contributed by atoms with Gasteiger partial charge in [0.15, 0.2) is 0 Å². The van der Waals surface area contributed by atoms with Gasteiger partial charge < -0.3 is 28.4 Å². The van der Waals surface area contributed by atoms with Gasteiger partial charge in [-0.3, -0.25) is 4.79 Å². The summed E-state index contributed by atoms with van der Waals surface area (Å²) in [6, 6.07) is 0. The van der Waals surface area contributed by atoms with Gasteiger partial charge in [0.2, 0.25) is 0 Å². The lowest BCUT2D eigenvalue weighted by Gasteiger charge is -2.19. The van der Waals surface area contributed by atoms with Gasteiger partial charge in [-0.15, -0.1) is 0 Å². The van der Waals surface area contributed by atoms with Gasteiger partial charge in [-0.2, -0.15) is 0 Å². The predicted octanol–water partition coefficient (Wildman–Crippen LogP) is 6.11. The molecule has 210 valence electrons. The first-order valence-corrected chi connectivity index (χ1v) is 14.1. The van der Waals surface area contributed by atoms with Crippen LogP contribution in [-0.4, -0.2) is 77.6 Å². The van der Waals surface area contributed by atoms with Gasteiger partial charge >= 0.3 is 5.97 Å². The zero-order chi connectivity index (χ0) is 25.9. The second-order valence-electron chi connectivity index (χ2n) is 9.93. The van der Waals surface area contributed by atoms with Crippen LogP contribution in [0.1, 0.15) is 105 Å². The number of hydrogen-bond donors (Lipinski definition) is 0. The van der Waals surface area contributed by atoms with E-state index in [1.54, 1.807) is 0 Å².